The Labute approximate surface area is 154 Å². The van der Waals surface area contributed by atoms with Crippen LogP contribution in [-0.4, -0.2) is 24.4 Å². The van der Waals surface area contributed by atoms with Crippen molar-refractivity contribution in [3.63, 3.8) is 0 Å². The van der Waals surface area contributed by atoms with Crippen molar-refractivity contribution in [3.05, 3.63) is 51.3 Å². The molecule has 3 aromatic heterocycles. The van der Waals surface area contributed by atoms with E-state index >= 15 is 0 Å². The summed E-state index contributed by atoms with van der Waals surface area (Å²) in [6.45, 7) is 7.55. The third kappa shape index (κ3) is 2.44. The SMILES string of the molecule is Cc1nc(C)n(-c2c(C)nn3c(-c4ccc(Cl)cc4Cl)c(C)oc23)n1. The highest BCUT2D eigenvalue weighted by Gasteiger charge is 2.24. The highest BCUT2D eigenvalue weighted by Crippen LogP contribution is 2.36. The van der Waals surface area contributed by atoms with Crippen molar-refractivity contribution in [1.29, 1.82) is 0 Å². The van der Waals surface area contributed by atoms with Gasteiger partial charge in [0.15, 0.2) is 5.69 Å². The Bertz CT molecular complexity index is 1120. The lowest BCUT2D eigenvalue weighted by atomic mass is 10.1. The maximum absolute atomic E-state index is 6.39. The average molecular weight is 376 g/mol. The van der Waals surface area contributed by atoms with Crippen molar-refractivity contribution < 1.29 is 4.42 Å². The Morgan fingerprint density at radius 1 is 1.04 bits per heavy atom. The second-order valence-electron chi connectivity index (χ2n) is 5.90. The second-order valence-corrected chi connectivity index (χ2v) is 6.74. The highest BCUT2D eigenvalue weighted by molar-refractivity contribution is 6.36. The molecule has 0 bridgehead atoms. The van der Waals surface area contributed by atoms with E-state index in [4.69, 9.17) is 27.6 Å². The van der Waals surface area contributed by atoms with E-state index in [2.05, 4.69) is 15.2 Å². The summed E-state index contributed by atoms with van der Waals surface area (Å²) < 4.78 is 9.54. The van der Waals surface area contributed by atoms with E-state index in [-0.39, 0.29) is 0 Å². The van der Waals surface area contributed by atoms with Crippen LogP contribution in [0, 0.1) is 27.7 Å². The van der Waals surface area contributed by atoms with Crippen LogP contribution in [0.5, 0.6) is 0 Å². The maximum atomic E-state index is 6.39. The van der Waals surface area contributed by atoms with Crippen LogP contribution in [0.1, 0.15) is 23.1 Å². The van der Waals surface area contributed by atoms with Crippen molar-refractivity contribution in [3.8, 4) is 16.9 Å². The van der Waals surface area contributed by atoms with Gasteiger partial charge in [-0.05, 0) is 45.9 Å². The minimum absolute atomic E-state index is 0.542. The molecule has 0 spiro atoms. The molecule has 0 radical (unpaired) electrons. The van der Waals surface area contributed by atoms with E-state index in [0.717, 1.165) is 28.5 Å². The van der Waals surface area contributed by atoms with E-state index in [1.54, 1.807) is 21.3 Å². The molecule has 0 N–H and O–H groups in total. The zero-order chi connectivity index (χ0) is 17.9. The smallest absolute Gasteiger partial charge is 0.249 e. The summed E-state index contributed by atoms with van der Waals surface area (Å²) in [5.41, 5.74) is 3.77. The van der Waals surface area contributed by atoms with Crippen molar-refractivity contribution in [2.24, 2.45) is 0 Å². The first-order valence-corrected chi connectivity index (χ1v) is 8.47. The van der Waals surface area contributed by atoms with Crippen molar-refractivity contribution in [1.82, 2.24) is 24.4 Å². The van der Waals surface area contributed by atoms with E-state index in [0.29, 0.717) is 27.3 Å². The predicted molar refractivity (Wildman–Crippen MR) is 96.8 cm³/mol. The Hall–Kier alpha value is -2.31. The van der Waals surface area contributed by atoms with Gasteiger partial charge in [-0.25, -0.2) is 9.67 Å². The fourth-order valence-corrected chi connectivity index (χ4v) is 3.54. The molecule has 25 heavy (non-hydrogen) atoms. The fraction of sp³-hybridized carbons (Fsp3) is 0.235. The molecule has 0 aliphatic rings. The predicted octanol–water partition coefficient (Wildman–Crippen LogP) is 4.72. The quantitative estimate of drug-likeness (QED) is 0.508. The molecule has 0 atom stereocenters. The number of benzene rings is 1. The summed E-state index contributed by atoms with van der Waals surface area (Å²) in [6.07, 6.45) is 0. The molecular weight excluding hydrogens is 361 g/mol. The third-order valence-electron chi connectivity index (χ3n) is 4.06. The van der Waals surface area contributed by atoms with Crippen LogP contribution in [0.25, 0.3) is 22.7 Å². The van der Waals surface area contributed by atoms with Gasteiger partial charge in [0, 0.05) is 10.6 Å². The molecule has 3 heterocycles. The zero-order valence-corrected chi connectivity index (χ0v) is 15.6. The fourth-order valence-electron chi connectivity index (χ4n) is 3.05. The number of oxazole rings is 1. The van der Waals surface area contributed by atoms with Gasteiger partial charge >= 0.3 is 0 Å². The van der Waals surface area contributed by atoms with Crippen LogP contribution < -0.4 is 0 Å². The summed E-state index contributed by atoms with van der Waals surface area (Å²) in [5, 5.41) is 10.2. The molecule has 0 fully saturated rings. The zero-order valence-electron chi connectivity index (χ0n) is 14.1. The Kier molecular flexibility index (Phi) is 3.63. The molecule has 0 saturated carbocycles. The van der Waals surface area contributed by atoms with Crippen LogP contribution >= 0.6 is 23.2 Å². The standard InChI is InChI=1S/C17H15Cl2N5O/c1-8-15(23-11(4)20-10(3)22-23)17-24(21-8)16(9(2)25-17)13-6-5-12(18)7-14(13)19/h5-7H,1-4H3. The molecule has 128 valence electrons. The number of fused-ring (bicyclic) bond motifs is 1. The summed E-state index contributed by atoms with van der Waals surface area (Å²) >= 11 is 12.4. The van der Waals surface area contributed by atoms with E-state index in [1.165, 1.54) is 0 Å². The van der Waals surface area contributed by atoms with Gasteiger partial charge in [0.05, 0.1) is 10.7 Å². The largest absolute Gasteiger partial charge is 0.439 e. The molecule has 0 saturated heterocycles. The van der Waals surface area contributed by atoms with Gasteiger partial charge in [-0.3, -0.25) is 0 Å². The molecular formula is C17H15Cl2N5O. The molecule has 0 amide bonds. The van der Waals surface area contributed by atoms with Crippen LogP contribution in [0.15, 0.2) is 22.6 Å². The first-order valence-electron chi connectivity index (χ1n) is 7.71. The number of nitrogens with zero attached hydrogens (tertiary/aromatic N) is 5. The molecule has 4 aromatic rings. The monoisotopic (exact) mass is 375 g/mol. The van der Waals surface area contributed by atoms with Gasteiger partial charge in [-0.2, -0.15) is 14.7 Å². The average Bonchev–Trinajstić information content (AvgIpc) is 3.11. The van der Waals surface area contributed by atoms with Gasteiger partial charge < -0.3 is 4.42 Å². The van der Waals surface area contributed by atoms with Gasteiger partial charge in [0.25, 0.3) is 0 Å². The van der Waals surface area contributed by atoms with Gasteiger partial charge in [0.2, 0.25) is 5.71 Å². The minimum Gasteiger partial charge on any atom is -0.439 e. The lowest BCUT2D eigenvalue weighted by Gasteiger charge is -2.03. The van der Waals surface area contributed by atoms with Crippen molar-refractivity contribution in [2.75, 3.05) is 0 Å². The van der Waals surface area contributed by atoms with Gasteiger partial charge in [-0.1, -0.05) is 23.2 Å². The summed E-state index contributed by atoms with van der Waals surface area (Å²) in [6, 6.07) is 5.37. The van der Waals surface area contributed by atoms with Crippen molar-refractivity contribution in [2.45, 2.75) is 27.7 Å². The number of rotatable bonds is 2. The van der Waals surface area contributed by atoms with E-state index in [9.17, 15) is 0 Å². The first-order chi connectivity index (χ1) is 11.9. The van der Waals surface area contributed by atoms with E-state index < -0.39 is 0 Å². The Morgan fingerprint density at radius 3 is 2.44 bits per heavy atom. The van der Waals surface area contributed by atoms with Crippen LogP contribution in [0.3, 0.4) is 0 Å². The molecule has 6 nitrogen and oxygen atoms in total. The lowest BCUT2D eigenvalue weighted by molar-refractivity contribution is 0.569. The summed E-state index contributed by atoms with van der Waals surface area (Å²) in [4.78, 5) is 4.36. The number of aromatic nitrogens is 5. The normalized spacial score (nSPS) is 11.6. The highest BCUT2D eigenvalue weighted by atomic mass is 35.5. The molecule has 0 aliphatic carbocycles. The lowest BCUT2D eigenvalue weighted by Crippen LogP contribution is -2.00. The summed E-state index contributed by atoms with van der Waals surface area (Å²) in [5.74, 6) is 2.18. The first kappa shape index (κ1) is 16.2. The Balaban J connectivity index is 2.02. The maximum Gasteiger partial charge on any atom is 0.249 e. The summed E-state index contributed by atoms with van der Waals surface area (Å²) in [7, 11) is 0. The molecule has 8 heteroatoms. The van der Waals surface area contributed by atoms with Crippen LogP contribution in [-0.2, 0) is 0 Å². The number of hydrogen-bond acceptors (Lipinski definition) is 4. The van der Waals surface area contributed by atoms with Crippen LogP contribution in [0.2, 0.25) is 10.0 Å². The molecule has 0 unspecified atom stereocenters. The number of halogens is 2. The van der Waals surface area contributed by atoms with E-state index in [1.807, 2.05) is 33.8 Å². The number of hydrogen-bond donors (Lipinski definition) is 0. The topological polar surface area (TPSA) is 61.2 Å². The number of aryl methyl sites for hydroxylation is 4. The molecule has 1 aromatic carbocycles. The van der Waals surface area contributed by atoms with Gasteiger partial charge in [0.1, 0.15) is 23.1 Å². The van der Waals surface area contributed by atoms with Gasteiger partial charge in [-0.15, -0.1) is 0 Å². The third-order valence-corrected chi connectivity index (χ3v) is 4.60. The van der Waals surface area contributed by atoms with Crippen LogP contribution in [0.4, 0.5) is 0 Å². The minimum atomic E-state index is 0.542. The Morgan fingerprint density at radius 2 is 1.80 bits per heavy atom. The molecule has 4 rings (SSSR count). The van der Waals surface area contributed by atoms with Crippen molar-refractivity contribution >= 4 is 28.9 Å². The second kappa shape index (κ2) is 5.61. The molecule has 0 aliphatic heterocycles.